The highest BCUT2D eigenvalue weighted by Gasteiger charge is 2.16. The first kappa shape index (κ1) is 13.5. The summed E-state index contributed by atoms with van der Waals surface area (Å²) in [4.78, 5) is 4.41. The molecule has 21 heavy (non-hydrogen) atoms. The van der Waals surface area contributed by atoms with Crippen LogP contribution in [-0.2, 0) is 11.8 Å². The van der Waals surface area contributed by atoms with Gasteiger partial charge in [0.25, 0.3) is 5.89 Å². The third kappa shape index (κ3) is 3.02. The lowest BCUT2D eigenvalue weighted by atomic mass is 9.86. The lowest BCUT2D eigenvalue weighted by Crippen LogP contribution is -2.10. The van der Waals surface area contributed by atoms with Crippen molar-refractivity contribution in [1.29, 1.82) is 0 Å². The van der Waals surface area contributed by atoms with E-state index >= 15 is 0 Å². The van der Waals surface area contributed by atoms with Crippen molar-refractivity contribution < 1.29 is 9.05 Å². The third-order valence-corrected chi connectivity index (χ3v) is 3.27. The second-order valence-corrected chi connectivity index (χ2v) is 6.00. The van der Waals surface area contributed by atoms with E-state index in [9.17, 15) is 0 Å². The fourth-order valence-electron chi connectivity index (χ4n) is 2.05. The van der Waals surface area contributed by atoms with E-state index in [1.165, 1.54) is 5.56 Å². The van der Waals surface area contributed by atoms with E-state index in [1.807, 2.05) is 12.1 Å². The molecule has 0 bridgehead atoms. The van der Waals surface area contributed by atoms with Crippen molar-refractivity contribution in [3.63, 3.8) is 0 Å². The summed E-state index contributed by atoms with van der Waals surface area (Å²) >= 11 is 0. The lowest BCUT2D eigenvalue weighted by molar-refractivity contribution is 0.382. The Morgan fingerprint density at radius 3 is 2.67 bits per heavy atom. The van der Waals surface area contributed by atoms with Gasteiger partial charge in [0, 0.05) is 11.6 Å². The maximum atomic E-state index is 5.34. The molecule has 3 aromatic rings. The van der Waals surface area contributed by atoms with Crippen molar-refractivity contribution >= 4 is 0 Å². The topological polar surface area (TPSA) is 65.0 Å². The summed E-state index contributed by atoms with van der Waals surface area (Å²) in [6, 6.07) is 9.97. The summed E-state index contributed by atoms with van der Waals surface area (Å²) in [6.45, 7) is 6.53. The molecule has 0 spiro atoms. The number of hydrogen-bond acceptors (Lipinski definition) is 5. The maximum absolute atomic E-state index is 5.34. The number of aromatic nitrogens is 3. The fraction of sp³-hybridized carbons (Fsp3) is 0.312. The van der Waals surface area contributed by atoms with Gasteiger partial charge in [-0.15, -0.1) is 0 Å². The smallest absolute Gasteiger partial charge is 0.257 e. The predicted molar refractivity (Wildman–Crippen MR) is 77.7 cm³/mol. The van der Waals surface area contributed by atoms with Crippen LogP contribution >= 0.6 is 0 Å². The molecule has 108 valence electrons. The zero-order chi connectivity index (χ0) is 14.9. The Morgan fingerprint density at radius 1 is 1.10 bits per heavy atom. The van der Waals surface area contributed by atoms with Gasteiger partial charge in [-0.1, -0.05) is 43.2 Å². The second-order valence-electron chi connectivity index (χ2n) is 6.00. The molecule has 5 heteroatoms. The average molecular weight is 283 g/mol. The Balaban J connectivity index is 1.86. The Labute approximate surface area is 123 Å². The molecule has 0 fully saturated rings. The molecule has 5 nitrogen and oxygen atoms in total. The minimum absolute atomic E-state index is 0.0820. The largest absolute Gasteiger partial charge is 0.361 e. The SMILES string of the molecule is CC(C)(C)c1cccc(-c2nc(Cc3ccno3)no2)c1. The summed E-state index contributed by atoms with van der Waals surface area (Å²) in [5.41, 5.74) is 2.24. The van der Waals surface area contributed by atoms with Crippen LogP contribution in [0.4, 0.5) is 0 Å². The van der Waals surface area contributed by atoms with Gasteiger partial charge in [0.15, 0.2) is 5.82 Å². The van der Waals surface area contributed by atoms with Crippen molar-refractivity contribution in [3.8, 4) is 11.5 Å². The Kier molecular flexibility index (Phi) is 3.33. The number of rotatable bonds is 3. The second kappa shape index (κ2) is 5.16. The molecule has 0 aliphatic carbocycles. The van der Waals surface area contributed by atoms with Gasteiger partial charge in [-0.25, -0.2) is 0 Å². The van der Waals surface area contributed by atoms with Gasteiger partial charge in [0.05, 0.1) is 12.6 Å². The van der Waals surface area contributed by atoms with Crippen LogP contribution in [0.5, 0.6) is 0 Å². The number of hydrogen-bond donors (Lipinski definition) is 0. The third-order valence-electron chi connectivity index (χ3n) is 3.27. The van der Waals surface area contributed by atoms with Gasteiger partial charge in [0.1, 0.15) is 5.76 Å². The van der Waals surface area contributed by atoms with Crippen LogP contribution in [0.2, 0.25) is 0 Å². The normalized spacial score (nSPS) is 11.8. The molecule has 1 aromatic carbocycles. The molecule has 0 atom stereocenters. The quantitative estimate of drug-likeness (QED) is 0.734. The predicted octanol–water partition coefficient (Wildman–Crippen LogP) is 3.61. The van der Waals surface area contributed by atoms with E-state index in [0.29, 0.717) is 23.9 Å². The van der Waals surface area contributed by atoms with Gasteiger partial charge in [0.2, 0.25) is 0 Å². The van der Waals surface area contributed by atoms with Crippen LogP contribution in [0.1, 0.15) is 37.9 Å². The zero-order valence-corrected chi connectivity index (χ0v) is 12.3. The molecular formula is C16H17N3O2. The Bertz CT molecular complexity index is 724. The molecular weight excluding hydrogens is 266 g/mol. The monoisotopic (exact) mass is 283 g/mol. The summed E-state index contributed by atoms with van der Waals surface area (Å²) in [5.74, 6) is 1.82. The van der Waals surface area contributed by atoms with Gasteiger partial charge in [-0.05, 0) is 23.1 Å². The van der Waals surface area contributed by atoms with Gasteiger partial charge in [-0.2, -0.15) is 4.98 Å². The molecule has 0 aliphatic heterocycles. The van der Waals surface area contributed by atoms with Gasteiger partial charge in [-0.3, -0.25) is 0 Å². The molecule has 0 saturated carbocycles. The van der Waals surface area contributed by atoms with E-state index < -0.39 is 0 Å². The fourth-order valence-corrected chi connectivity index (χ4v) is 2.05. The minimum Gasteiger partial charge on any atom is -0.361 e. The number of nitrogens with zero attached hydrogens (tertiary/aromatic N) is 3. The van der Waals surface area contributed by atoms with Gasteiger partial charge < -0.3 is 9.05 Å². The van der Waals surface area contributed by atoms with Crippen molar-refractivity contribution in [1.82, 2.24) is 15.3 Å². The van der Waals surface area contributed by atoms with Crippen molar-refractivity contribution in [3.05, 3.63) is 53.7 Å². The maximum Gasteiger partial charge on any atom is 0.257 e. The highest BCUT2D eigenvalue weighted by molar-refractivity contribution is 5.54. The summed E-state index contributed by atoms with van der Waals surface area (Å²) in [6.07, 6.45) is 2.07. The van der Waals surface area contributed by atoms with E-state index in [-0.39, 0.29) is 5.41 Å². The van der Waals surface area contributed by atoms with Crippen molar-refractivity contribution in [2.24, 2.45) is 0 Å². The van der Waals surface area contributed by atoms with E-state index in [1.54, 1.807) is 12.3 Å². The average Bonchev–Trinajstić information content (AvgIpc) is 3.10. The first-order valence-corrected chi connectivity index (χ1v) is 6.85. The lowest BCUT2D eigenvalue weighted by Gasteiger charge is -2.19. The van der Waals surface area contributed by atoms with Crippen LogP contribution in [0.15, 0.2) is 45.6 Å². The Hall–Kier alpha value is -2.43. The van der Waals surface area contributed by atoms with Crippen LogP contribution in [0.3, 0.4) is 0 Å². The molecule has 0 unspecified atom stereocenters. The highest BCUT2D eigenvalue weighted by Crippen LogP contribution is 2.26. The molecule has 2 aromatic heterocycles. The molecule has 2 heterocycles. The van der Waals surface area contributed by atoms with E-state index in [0.717, 1.165) is 5.56 Å². The summed E-state index contributed by atoms with van der Waals surface area (Å²) in [7, 11) is 0. The van der Waals surface area contributed by atoms with Crippen LogP contribution < -0.4 is 0 Å². The van der Waals surface area contributed by atoms with E-state index in [4.69, 9.17) is 9.05 Å². The van der Waals surface area contributed by atoms with Gasteiger partial charge >= 0.3 is 0 Å². The molecule has 3 rings (SSSR count). The highest BCUT2D eigenvalue weighted by atomic mass is 16.5. The first-order valence-electron chi connectivity index (χ1n) is 6.85. The molecule has 0 N–H and O–H groups in total. The van der Waals surface area contributed by atoms with Crippen molar-refractivity contribution in [2.45, 2.75) is 32.6 Å². The number of benzene rings is 1. The van der Waals surface area contributed by atoms with E-state index in [2.05, 4.69) is 48.2 Å². The molecule has 0 saturated heterocycles. The standard InChI is InChI=1S/C16H17N3O2/c1-16(2,3)12-6-4-5-11(9-12)15-18-14(19-21-15)10-13-7-8-17-20-13/h4-9H,10H2,1-3H3. The van der Waals surface area contributed by atoms with Crippen LogP contribution in [-0.4, -0.2) is 15.3 Å². The molecule has 0 radical (unpaired) electrons. The Morgan fingerprint density at radius 2 is 1.95 bits per heavy atom. The first-order chi connectivity index (χ1) is 10.0. The molecule has 0 amide bonds. The molecule has 0 aliphatic rings. The minimum atomic E-state index is 0.0820. The van der Waals surface area contributed by atoms with Crippen molar-refractivity contribution in [2.75, 3.05) is 0 Å². The zero-order valence-electron chi connectivity index (χ0n) is 12.3. The summed E-state index contributed by atoms with van der Waals surface area (Å²) in [5, 5.41) is 7.65. The van der Waals surface area contributed by atoms with Crippen LogP contribution in [0, 0.1) is 0 Å². The summed E-state index contributed by atoms with van der Waals surface area (Å²) < 4.78 is 10.4. The van der Waals surface area contributed by atoms with Crippen LogP contribution in [0.25, 0.3) is 11.5 Å².